The van der Waals surface area contributed by atoms with E-state index < -0.39 is 25.1 Å². The van der Waals surface area contributed by atoms with E-state index in [1.54, 1.807) is 58.9 Å². The number of benzene rings is 3. The van der Waals surface area contributed by atoms with Crippen LogP contribution in [0.3, 0.4) is 0 Å². The van der Waals surface area contributed by atoms with Gasteiger partial charge in [-0.2, -0.15) is 4.31 Å². The van der Waals surface area contributed by atoms with Crippen LogP contribution in [0.15, 0.2) is 88.7 Å². The molecule has 0 N–H and O–H groups in total. The van der Waals surface area contributed by atoms with Crippen molar-refractivity contribution in [3.8, 4) is 11.5 Å². The van der Waals surface area contributed by atoms with Gasteiger partial charge in [0.05, 0.1) is 15.0 Å². The van der Waals surface area contributed by atoms with E-state index in [0.29, 0.717) is 42.1 Å². The van der Waals surface area contributed by atoms with Gasteiger partial charge in [-0.3, -0.25) is 0 Å². The fourth-order valence-corrected chi connectivity index (χ4v) is 8.91. The van der Waals surface area contributed by atoms with Gasteiger partial charge in [0, 0.05) is 12.1 Å². The van der Waals surface area contributed by atoms with Crippen LogP contribution in [0.25, 0.3) is 0 Å². The Morgan fingerprint density at radius 3 is 2.00 bits per heavy atom. The second-order valence-electron chi connectivity index (χ2n) is 9.06. The van der Waals surface area contributed by atoms with Crippen LogP contribution >= 0.6 is 0 Å². The Bertz CT molecular complexity index is 1370. The van der Waals surface area contributed by atoms with E-state index in [1.165, 1.54) is 0 Å². The summed E-state index contributed by atoms with van der Waals surface area (Å²) in [6.07, 6.45) is 2.00. The summed E-state index contributed by atoms with van der Waals surface area (Å²) < 4.78 is 60.8. The summed E-state index contributed by atoms with van der Waals surface area (Å²) in [6, 6.07) is 21.9. The highest BCUT2D eigenvalue weighted by atomic mass is 32.2. The molecule has 178 valence electrons. The maximum absolute atomic E-state index is 13.5. The van der Waals surface area contributed by atoms with E-state index in [1.807, 2.05) is 31.2 Å². The van der Waals surface area contributed by atoms with Crippen LogP contribution in [-0.2, 0) is 19.9 Å². The maximum Gasteiger partial charge on any atom is 0.243 e. The Morgan fingerprint density at radius 2 is 1.38 bits per heavy atom. The van der Waals surface area contributed by atoms with Crippen LogP contribution in [0.1, 0.15) is 31.2 Å². The number of hydrogen-bond acceptors (Lipinski definition) is 5. The van der Waals surface area contributed by atoms with E-state index in [0.717, 1.165) is 5.56 Å². The lowest BCUT2D eigenvalue weighted by Crippen LogP contribution is -2.49. The second-order valence-corrected chi connectivity index (χ2v) is 13.1. The SMILES string of the molecule is Cc1cccc(Oc2ccc(S(=O)(=O)N3C4CCC3CC(S(=O)(=O)c3ccccc3)C4)cc2)c1. The standard InChI is InChI=1S/C26H27NO5S2/c1-19-6-5-7-23(16-19)32-22-12-14-25(15-13-22)34(30,31)27-20-10-11-21(27)18-26(17-20)33(28,29)24-8-3-2-4-9-24/h2-9,12-16,20-21,26H,10-11,17-18H2,1H3. The molecule has 0 saturated carbocycles. The Balaban J connectivity index is 1.34. The van der Waals surface area contributed by atoms with Crippen molar-refractivity contribution in [3.63, 3.8) is 0 Å². The van der Waals surface area contributed by atoms with Crippen LogP contribution in [0.5, 0.6) is 11.5 Å². The highest BCUT2D eigenvalue weighted by molar-refractivity contribution is 7.92. The van der Waals surface area contributed by atoms with E-state index in [4.69, 9.17) is 4.74 Å². The molecule has 2 fully saturated rings. The van der Waals surface area contributed by atoms with E-state index >= 15 is 0 Å². The highest BCUT2D eigenvalue weighted by Gasteiger charge is 2.50. The first-order valence-corrected chi connectivity index (χ1v) is 14.4. The molecular weight excluding hydrogens is 470 g/mol. The van der Waals surface area contributed by atoms with Crippen LogP contribution in [0.4, 0.5) is 0 Å². The lowest BCUT2D eigenvalue weighted by molar-refractivity contribution is 0.249. The van der Waals surface area contributed by atoms with Gasteiger partial charge in [-0.15, -0.1) is 0 Å². The third-order valence-corrected chi connectivity index (χ3v) is 11.0. The van der Waals surface area contributed by atoms with Crippen molar-refractivity contribution >= 4 is 19.9 Å². The van der Waals surface area contributed by atoms with Crippen LogP contribution < -0.4 is 4.74 Å². The minimum Gasteiger partial charge on any atom is -0.457 e. The van der Waals surface area contributed by atoms with Gasteiger partial charge in [-0.05, 0) is 86.7 Å². The Kier molecular flexibility index (Phi) is 6.00. The van der Waals surface area contributed by atoms with Crippen molar-refractivity contribution < 1.29 is 21.6 Å². The quantitative estimate of drug-likeness (QED) is 0.482. The molecule has 34 heavy (non-hydrogen) atoms. The molecule has 8 heteroatoms. The van der Waals surface area contributed by atoms with Crippen LogP contribution in [0, 0.1) is 6.92 Å². The van der Waals surface area contributed by atoms with Crippen molar-refractivity contribution in [3.05, 3.63) is 84.4 Å². The van der Waals surface area contributed by atoms with Gasteiger partial charge in [0.25, 0.3) is 0 Å². The van der Waals surface area contributed by atoms with Crippen LogP contribution in [-0.4, -0.2) is 38.5 Å². The number of fused-ring (bicyclic) bond motifs is 2. The fourth-order valence-electron chi connectivity index (χ4n) is 5.15. The minimum atomic E-state index is -3.74. The third-order valence-electron chi connectivity index (χ3n) is 6.76. The molecule has 2 aliphatic heterocycles. The third kappa shape index (κ3) is 4.26. The summed E-state index contributed by atoms with van der Waals surface area (Å²) in [7, 11) is -7.24. The van der Waals surface area contributed by atoms with E-state index in [9.17, 15) is 16.8 Å². The summed E-state index contributed by atoms with van der Waals surface area (Å²) in [5.74, 6) is 1.25. The number of aryl methyl sites for hydroxylation is 1. The number of nitrogens with zero attached hydrogens (tertiary/aromatic N) is 1. The monoisotopic (exact) mass is 497 g/mol. The maximum atomic E-state index is 13.5. The Labute approximate surface area is 201 Å². The predicted octanol–water partition coefficient (Wildman–Crippen LogP) is 4.95. The molecule has 6 nitrogen and oxygen atoms in total. The Hall–Kier alpha value is -2.68. The molecule has 0 aliphatic carbocycles. The smallest absolute Gasteiger partial charge is 0.243 e. The molecule has 5 rings (SSSR count). The van der Waals surface area contributed by atoms with Crippen molar-refractivity contribution in [2.24, 2.45) is 0 Å². The first kappa shape index (κ1) is 23.1. The van der Waals surface area contributed by atoms with Crippen LogP contribution in [0.2, 0.25) is 0 Å². The molecule has 0 aromatic heterocycles. The zero-order valence-electron chi connectivity index (χ0n) is 18.9. The molecule has 2 saturated heterocycles. The summed E-state index contributed by atoms with van der Waals surface area (Å²) >= 11 is 0. The number of rotatable bonds is 6. The summed E-state index contributed by atoms with van der Waals surface area (Å²) in [4.78, 5) is 0.505. The second kappa shape index (κ2) is 8.83. The molecule has 0 amide bonds. The number of sulfonamides is 1. The molecule has 2 aliphatic rings. The number of piperidine rings is 1. The first-order valence-electron chi connectivity index (χ1n) is 11.4. The molecule has 3 aromatic carbocycles. The Morgan fingerprint density at radius 1 is 0.735 bits per heavy atom. The summed E-state index contributed by atoms with van der Waals surface area (Å²) in [6.45, 7) is 1.98. The number of ether oxygens (including phenoxy) is 1. The van der Waals surface area contributed by atoms with Crippen molar-refractivity contribution in [1.29, 1.82) is 0 Å². The molecule has 2 bridgehead atoms. The fraction of sp³-hybridized carbons (Fsp3) is 0.308. The first-order chi connectivity index (χ1) is 16.2. The highest BCUT2D eigenvalue weighted by Crippen LogP contribution is 2.43. The molecule has 3 aromatic rings. The summed E-state index contributed by atoms with van der Waals surface area (Å²) in [5.41, 5.74) is 1.07. The van der Waals surface area contributed by atoms with Crippen molar-refractivity contribution in [1.82, 2.24) is 4.31 Å². The molecule has 0 spiro atoms. The van der Waals surface area contributed by atoms with E-state index in [2.05, 4.69) is 0 Å². The summed E-state index contributed by atoms with van der Waals surface area (Å²) in [5, 5.41) is -0.566. The topological polar surface area (TPSA) is 80.8 Å². The molecule has 0 radical (unpaired) electrons. The lowest BCUT2D eigenvalue weighted by Gasteiger charge is -2.37. The van der Waals surface area contributed by atoms with Gasteiger partial charge >= 0.3 is 0 Å². The number of sulfone groups is 1. The minimum absolute atomic E-state index is 0.199. The number of hydrogen-bond donors (Lipinski definition) is 0. The van der Waals surface area contributed by atoms with Gasteiger partial charge in [0.2, 0.25) is 10.0 Å². The van der Waals surface area contributed by atoms with Gasteiger partial charge in [0.1, 0.15) is 11.5 Å². The molecule has 2 heterocycles. The van der Waals surface area contributed by atoms with E-state index in [-0.39, 0.29) is 17.0 Å². The zero-order chi connectivity index (χ0) is 23.9. The molecular formula is C26H27NO5S2. The van der Waals surface area contributed by atoms with Gasteiger partial charge < -0.3 is 4.74 Å². The zero-order valence-corrected chi connectivity index (χ0v) is 20.5. The normalized spacial score (nSPS) is 23.0. The van der Waals surface area contributed by atoms with Crippen molar-refractivity contribution in [2.45, 2.75) is 59.7 Å². The van der Waals surface area contributed by atoms with Gasteiger partial charge in [-0.1, -0.05) is 30.3 Å². The lowest BCUT2D eigenvalue weighted by atomic mass is 10.1. The van der Waals surface area contributed by atoms with Crippen molar-refractivity contribution in [2.75, 3.05) is 0 Å². The average Bonchev–Trinajstić information content (AvgIpc) is 3.10. The van der Waals surface area contributed by atoms with Gasteiger partial charge in [0.15, 0.2) is 9.84 Å². The largest absolute Gasteiger partial charge is 0.457 e. The predicted molar refractivity (Wildman–Crippen MR) is 130 cm³/mol. The molecule has 2 unspecified atom stereocenters. The van der Waals surface area contributed by atoms with Gasteiger partial charge in [-0.25, -0.2) is 16.8 Å². The average molecular weight is 498 g/mol. The molecule has 2 atom stereocenters.